The Morgan fingerprint density at radius 3 is 2.68 bits per heavy atom. The monoisotopic (exact) mass is 351 g/mol. The lowest BCUT2D eigenvalue weighted by Crippen LogP contribution is -2.52. The standard InChI is InChI=1S/C17H22FN3O4/c1-10-4-15(14(18)7-16(10)21(24)25)19-12-5-13(6-12)20(9-17(22)23)8-11-2-3-11/h4,7,11-13,19H,2-3,5-6,8-9H2,1H3,(H,22,23). The maximum Gasteiger partial charge on any atom is 0.317 e. The number of rotatable bonds is 8. The van der Waals surface area contributed by atoms with Crippen LogP contribution in [0.2, 0.25) is 0 Å². The number of nitro benzene ring substituents is 1. The number of benzene rings is 1. The third-order valence-electron chi connectivity index (χ3n) is 5.00. The molecule has 0 radical (unpaired) electrons. The van der Waals surface area contributed by atoms with Crippen molar-refractivity contribution in [3.05, 3.63) is 33.6 Å². The van der Waals surface area contributed by atoms with Crippen molar-refractivity contribution in [1.29, 1.82) is 0 Å². The van der Waals surface area contributed by atoms with E-state index in [4.69, 9.17) is 5.11 Å². The van der Waals surface area contributed by atoms with Crippen molar-refractivity contribution in [3.8, 4) is 0 Å². The van der Waals surface area contributed by atoms with E-state index in [0.717, 1.165) is 38.3 Å². The SMILES string of the molecule is Cc1cc(NC2CC(N(CC(=O)O)CC3CC3)C2)c(F)cc1[N+](=O)[O-]. The first kappa shape index (κ1) is 17.6. The molecule has 1 aromatic rings. The van der Waals surface area contributed by atoms with Gasteiger partial charge < -0.3 is 10.4 Å². The van der Waals surface area contributed by atoms with Gasteiger partial charge in [-0.3, -0.25) is 19.8 Å². The highest BCUT2D eigenvalue weighted by Crippen LogP contribution is 2.35. The number of carboxylic acids is 1. The minimum Gasteiger partial charge on any atom is -0.480 e. The van der Waals surface area contributed by atoms with E-state index >= 15 is 0 Å². The number of carbonyl (C=O) groups is 1. The van der Waals surface area contributed by atoms with Gasteiger partial charge >= 0.3 is 5.97 Å². The summed E-state index contributed by atoms with van der Waals surface area (Å²) in [6.07, 6.45) is 3.82. The zero-order valence-corrected chi connectivity index (χ0v) is 14.1. The molecule has 0 spiro atoms. The molecule has 2 saturated carbocycles. The first-order valence-corrected chi connectivity index (χ1v) is 8.50. The van der Waals surface area contributed by atoms with E-state index < -0.39 is 16.7 Å². The molecule has 0 atom stereocenters. The van der Waals surface area contributed by atoms with Crippen LogP contribution >= 0.6 is 0 Å². The molecule has 0 heterocycles. The Kier molecular flexibility index (Phi) is 4.89. The molecule has 1 aromatic carbocycles. The summed E-state index contributed by atoms with van der Waals surface area (Å²) in [4.78, 5) is 23.3. The van der Waals surface area contributed by atoms with Crippen LogP contribution in [0.25, 0.3) is 0 Å². The van der Waals surface area contributed by atoms with Crippen LogP contribution in [0.5, 0.6) is 0 Å². The van der Waals surface area contributed by atoms with Crippen LogP contribution in [0.15, 0.2) is 12.1 Å². The van der Waals surface area contributed by atoms with Crippen LogP contribution < -0.4 is 5.32 Å². The van der Waals surface area contributed by atoms with Crippen LogP contribution in [-0.4, -0.2) is 46.1 Å². The van der Waals surface area contributed by atoms with Crippen molar-refractivity contribution in [2.45, 2.75) is 44.7 Å². The van der Waals surface area contributed by atoms with Gasteiger partial charge in [0, 0.05) is 24.2 Å². The minimum atomic E-state index is -0.825. The molecule has 2 aliphatic rings. The molecule has 8 heteroatoms. The van der Waals surface area contributed by atoms with Gasteiger partial charge in [0.1, 0.15) is 0 Å². The van der Waals surface area contributed by atoms with E-state index in [1.54, 1.807) is 6.92 Å². The quantitative estimate of drug-likeness (QED) is 0.552. The van der Waals surface area contributed by atoms with Crippen molar-refractivity contribution >= 4 is 17.3 Å². The highest BCUT2D eigenvalue weighted by molar-refractivity contribution is 5.69. The van der Waals surface area contributed by atoms with Crippen molar-refractivity contribution < 1.29 is 19.2 Å². The second-order valence-electron chi connectivity index (χ2n) is 7.11. The summed E-state index contributed by atoms with van der Waals surface area (Å²) in [6.45, 7) is 2.43. The smallest absolute Gasteiger partial charge is 0.317 e. The van der Waals surface area contributed by atoms with Crippen molar-refractivity contribution in [2.75, 3.05) is 18.4 Å². The maximum atomic E-state index is 14.1. The number of nitrogens with one attached hydrogen (secondary N) is 1. The number of hydrogen-bond acceptors (Lipinski definition) is 5. The molecule has 2 fully saturated rings. The van der Waals surface area contributed by atoms with Gasteiger partial charge in [-0.1, -0.05) is 0 Å². The summed E-state index contributed by atoms with van der Waals surface area (Å²) < 4.78 is 14.1. The average Bonchev–Trinajstić information content (AvgIpc) is 3.28. The molecule has 0 amide bonds. The molecular weight excluding hydrogens is 329 g/mol. The molecule has 3 rings (SSSR count). The third-order valence-corrected chi connectivity index (χ3v) is 5.00. The normalized spacial score (nSPS) is 22.5. The first-order valence-electron chi connectivity index (χ1n) is 8.50. The van der Waals surface area contributed by atoms with Crippen LogP contribution in [0.3, 0.4) is 0 Å². The van der Waals surface area contributed by atoms with Gasteiger partial charge in [-0.05, 0) is 44.6 Å². The highest BCUT2D eigenvalue weighted by Gasteiger charge is 2.37. The van der Waals surface area contributed by atoms with Crippen molar-refractivity contribution in [1.82, 2.24) is 4.90 Å². The Morgan fingerprint density at radius 1 is 1.44 bits per heavy atom. The third kappa shape index (κ3) is 4.25. The van der Waals surface area contributed by atoms with Crippen molar-refractivity contribution in [3.63, 3.8) is 0 Å². The Morgan fingerprint density at radius 2 is 2.12 bits per heavy atom. The first-order chi connectivity index (χ1) is 11.8. The van der Waals surface area contributed by atoms with Gasteiger partial charge in [0.25, 0.3) is 5.69 Å². The number of halogens is 1. The summed E-state index contributed by atoms with van der Waals surface area (Å²) in [6, 6.07) is 2.64. The second kappa shape index (κ2) is 6.95. The summed E-state index contributed by atoms with van der Waals surface area (Å²) in [7, 11) is 0. The zero-order chi connectivity index (χ0) is 18.1. The van der Waals surface area contributed by atoms with Crippen molar-refractivity contribution in [2.24, 2.45) is 5.92 Å². The number of anilines is 1. The molecule has 2 N–H and O–H groups in total. The number of nitrogens with zero attached hydrogens (tertiary/aromatic N) is 2. The van der Waals surface area contributed by atoms with Crippen LogP contribution in [-0.2, 0) is 4.79 Å². The number of hydrogen-bond donors (Lipinski definition) is 2. The van der Waals surface area contributed by atoms with E-state index in [1.807, 2.05) is 4.90 Å². The van der Waals surface area contributed by atoms with Gasteiger partial charge in [-0.2, -0.15) is 0 Å². The van der Waals surface area contributed by atoms with E-state index in [1.165, 1.54) is 6.07 Å². The molecule has 0 bridgehead atoms. The molecule has 0 unspecified atom stereocenters. The topological polar surface area (TPSA) is 95.7 Å². The molecule has 0 aliphatic heterocycles. The fourth-order valence-electron chi connectivity index (χ4n) is 3.35. The van der Waals surface area contributed by atoms with Gasteiger partial charge in [0.05, 0.1) is 23.2 Å². The van der Waals surface area contributed by atoms with Crippen LogP contribution in [0.1, 0.15) is 31.2 Å². The van der Waals surface area contributed by atoms with Gasteiger partial charge in [0.2, 0.25) is 0 Å². The van der Waals surface area contributed by atoms with Gasteiger partial charge in [-0.15, -0.1) is 0 Å². The molecule has 7 nitrogen and oxygen atoms in total. The number of carboxylic acid groups (broad SMARTS) is 1. The van der Waals surface area contributed by atoms with Crippen LogP contribution in [0, 0.1) is 28.8 Å². The van der Waals surface area contributed by atoms with E-state index in [2.05, 4.69) is 5.32 Å². The molecule has 0 saturated heterocycles. The van der Waals surface area contributed by atoms with E-state index in [9.17, 15) is 19.3 Å². The summed E-state index contributed by atoms with van der Waals surface area (Å²) >= 11 is 0. The maximum absolute atomic E-state index is 14.1. The van der Waals surface area contributed by atoms with E-state index in [-0.39, 0.29) is 30.0 Å². The number of aryl methyl sites for hydroxylation is 1. The Labute approximate surface area is 145 Å². The second-order valence-corrected chi connectivity index (χ2v) is 7.11. The minimum absolute atomic E-state index is 0.0406. The Bertz CT molecular complexity index is 687. The lowest BCUT2D eigenvalue weighted by atomic mass is 9.85. The average molecular weight is 351 g/mol. The summed E-state index contributed by atoms with van der Waals surface area (Å²) in [5.74, 6) is -0.851. The molecule has 2 aliphatic carbocycles. The Balaban J connectivity index is 1.58. The predicted octanol–water partition coefficient (Wildman–Crippen LogP) is 2.78. The predicted molar refractivity (Wildman–Crippen MR) is 90.2 cm³/mol. The highest BCUT2D eigenvalue weighted by atomic mass is 19.1. The zero-order valence-electron chi connectivity index (χ0n) is 14.1. The fourth-order valence-corrected chi connectivity index (χ4v) is 3.35. The van der Waals surface area contributed by atoms with Gasteiger partial charge in [-0.25, -0.2) is 4.39 Å². The molecule has 25 heavy (non-hydrogen) atoms. The molecule has 136 valence electrons. The fraction of sp³-hybridized carbons (Fsp3) is 0.588. The largest absolute Gasteiger partial charge is 0.480 e. The summed E-state index contributed by atoms with van der Waals surface area (Å²) in [5, 5.41) is 23.0. The number of aliphatic carboxylic acids is 1. The Hall–Kier alpha value is -2.22. The molecular formula is C17H22FN3O4. The summed E-state index contributed by atoms with van der Waals surface area (Å²) in [5.41, 5.74) is 0.441. The molecule has 0 aromatic heterocycles. The number of nitro groups is 1. The van der Waals surface area contributed by atoms with E-state index in [0.29, 0.717) is 11.5 Å². The lowest BCUT2D eigenvalue weighted by Gasteiger charge is -2.43. The lowest BCUT2D eigenvalue weighted by molar-refractivity contribution is -0.385. The van der Waals surface area contributed by atoms with Crippen LogP contribution in [0.4, 0.5) is 15.8 Å². The van der Waals surface area contributed by atoms with Gasteiger partial charge in [0.15, 0.2) is 5.82 Å².